The van der Waals surface area contributed by atoms with E-state index in [9.17, 15) is 14.4 Å². The fraction of sp³-hybridized carbons (Fsp3) is 0.500. The summed E-state index contributed by atoms with van der Waals surface area (Å²) in [6, 6.07) is 7.48. The van der Waals surface area contributed by atoms with E-state index in [2.05, 4.69) is 4.98 Å². The first kappa shape index (κ1) is 22.0. The maximum Gasteiger partial charge on any atom is 0.254 e. The number of nitrogens with one attached hydrogen (secondary N) is 1. The predicted octanol–water partition coefficient (Wildman–Crippen LogP) is 2.37. The SMILES string of the molecule is COc1ccccc1CCC(=O)N1CCCCC1c1nc2c(c(=O)[nH]1)CCN(C(C)=O)C2. The van der Waals surface area contributed by atoms with Gasteiger partial charge in [-0.2, -0.15) is 0 Å². The number of ether oxygens (including phenoxy) is 1. The van der Waals surface area contributed by atoms with Crippen molar-refractivity contribution in [1.29, 1.82) is 0 Å². The number of para-hydroxylation sites is 1. The van der Waals surface area contributed by atoms with Gasteiger partial charge >= 0.3 is 0 Å². The zero-order valence-electron chi connectivity index (χ0n) is 18.7. The molecule has 1 N–H and O–H groups in total. The Morgan fingerprint density at radius 3 is 2.81 bits per heavy atom. The minimum absolute atomic E-state index is 0.0231. The van der Waals surface area contributed by atoms with Crippen LogP contribution in [0.3, 0.4) is 0 Å². The van der Waals surface area contributed by atoms with Crippen molar-refractivity contribution < 1.29 is 14.3 Å². The molecule has 3 heterocycles. The van der Waals surface area contributed by atoms with E-state index in [1.165, 1.54) is 6.92 Å². The zero-order chi connectivity index (χ0) is 22.7. The Morgan fingerprint density at radius 1 is 1.22 bits per heavy atom. The first-order valence-electron chi connectivity index (χ1n) is 11.3. The van der Waals surface area contributed by atoms with Crippen molar-refractivity contribution in [2.45, 2.75) is 58.0 Å². The van der Waals surface area contributed by atoms with Gasteiger partial charge in [0.05, 0.1) is 25.4 Å². The molecule has 1 saturated heterocycles. The lowest BCUT2D eigenvalue weighted by atomic mass is 9.99. The molecule has 0 aliphatic carbocycles. The number of benzene rings is 1. The van der Waals surface area contributed by atoms with E-state index in [4.69, 9.17) is 9.72 Å². The van der Waals surface area contributed by atoms with Crippen molar-refractivity contribution in [2.75, 3.05) is 20.2 Å². The van der Waals surface area contributed by atoms with E-state index in [-0.39, 0.29) is 23.4 Å². The van der Waals surface area contributed by atoms with Crippen molar-refractivity contribution in [3.63, 3.8) is 0 Å². The topological polar surface area (TPSA) is 95.6 Å². The number of piperidine rings is 1. The van der Waals surface area contributed by atoms with E-state index in [0.717, 1.165) is 30.6 Å². The van der Waals surface area contributed by atoms with Gasteiger partial charge in [-0.05, 0) is 43.7 Å². The molecular weight excluding hydrogens is 408 g/mol. The molecule has 2 amide bonds. The molecule has 0 bridgehead atoms. The van der Waals surface area contributed by atoms with E-state index in [0.29, 0.717) is 56.0 Å². The molecule has 8 heteroatoms. The Bertz CT molecular complexity index is 1060. The van der Waals surface area contributed by atoms with E-state index in [1.54, 1.807) is 12.0 Å². The van der Waals surface area contributed by atoms with Crippen LogP contribution in [0, 0.1) is 0 Å². The fourth-order valence-corrected chi connectivity index (χ4v) is 4.69. The summed E-state index contributed by atoms with van der Waals surface area (Å²) in [6.45, 7) is 3.05. The van der Waals surface area contributed by atoms with E-state index >= 15 is 0 Å². The fourth-order valence-electron chi connectivity index (χ4n) is 4.69. The standard InChI is InChI=1S/C24H30N4O4/c1-16(29)27-14-12-18-19(15-27)25-23(26-24(18)31)20-8-5-6-13-28(20)22(30)11-10-17-7-3-4-9-21(17)32-2/h3-4,7,9,20H,5-6,8,10-15H2,1-2H3,(H,25,26,31). The van der Waals surface area contributed by atoms with Gasteiger partial charge in [0.25, 0.3) is 5.56 Å². The van der Waals surface area contributed by atoms with Crippen molar-refractivity contribution >= 4 is 11.8 Å². The molecule has 0 radical (unpaired) electrons. The average molecular weight is 439 g/mol. The molecule has 8 nitrogen and oxygen atoms in total. The molecule has 0 saturated carbocycles. The van der Waals surface area contributed by atoms with Gasteiger partial charge in [0.15, 0.2) is 0 Å². The zero-order valence-corrected chi connectivity index (χ0v) is 18.7. The lowest BCUT2D eigenvalue weighted by Crippen LogP contribution is -2.42. The number of H-pyrrole nitrogens is 1. The third kappa shape index (κ3) is 4.54. The van der Waals surface area contributed by atoms with Gasteiger partial charge in [-0.25, -0.2) is 4.98 Å². The number of carbonyl (C=O) groups is 2. The number of rotatable bonds is 5. The van der Waals surface area contributed by atoms with Crippen molar-refractivity contribution in [1.82, 2.24) is 19.8 Å². The van der Waals surface area contributed by atoms with Gasteiger partial charge in [-0.15, -0.1) is 0 Å². The van der Waals surface area contributed by atoms with Crippen molar-refractivity contribution in [3.8, 4) is 5.75 Å². The first-order chi connectivity index (χ1) is 15.5. The summed E-state index contributed by atoms with van der Waals surface area (Å²) in [5, 5.41) is 0. The normalized spacial score (nSPS) is 18.2. The highest BCUT2D eigenvalue weighted by Crippen LogP contribution is 2.30. The molecule has 1 aromatic carbocycles. The number of hydrogen-bond acceptors (Lipinski definition) is 5. The molecule has 2 aromatic rings. The van der Waals surface area contributed by atoms with Crippen LogP contribution in [0.1, 0.15) is 61.3 Å². The van der Waals surface area contributed by atoms with Gasteiger partial charge in [-0.1, -0.05) is 18.2 Å². The summed E-state index contributed by atoms with van der Waals surface area (Å²) in [5.41, 5.74) is 2.15. The van der Waals surface area contributed by atoms with Crippen LogP contribution in [0.4, 0.5) is 0 Å². The van der Waals surface area contributed by atoms with Crippen LogP contribution in [0.2, 0.25) is 0 Å². The van der Waals surface area contributed by atoms with Crippen LogP contribution in [0.15, 0.2) is 29.1 Å². The molecule has 1 aromatic heterocycles. The lowest BCUT2D eigenvalue weighted by molar-refractivity contribution is -0.135. The van der Waals surface area contributed by atoms with Crippen molar-refractivity contribution in [3.05, 3.63) is 57.3 Å². The Balaban J connectivity index is 1.54. The van der Waals surface area contributed by atoms with Gasteiger partial charge in [0, 0.05) is 32.0 Å². The third-order valence-corrected chi connectivity index (χ3v) is 6.48. The van der Waals surface area contributed by atoms with E-state index < -0.39 is 0 Å². The number of aryl methyl sites for hydroxylation is 1. The van der Waals surface area contributed by atoms with Crippen LogP contribution >= 0.6 is 0 Å². The number of aromatic amines is 1. The second-order valence-corrected chi connectivity index (χ2v) is 8.48. The number of carbonyl (C=O) groups excluding carboxylic acids is 2. The number of aromatic nitrogens is 2. The van der Waals surface area contributed by atoms with Gasteiger partial charge in [0.1, 0.15) is 11.6 Å². The Hall–Kier alpha value is -3.16. The number of nitrogens with zero attached hydrogens (tertiary/aromatic N) is 3. The number of hydrogen-bond donors (Lipinski definition) is 1. The molecular formula is C24H30N4O4. The van der Waals surface area contributed by atoms with Crippen LogP contribution < -0.4 is 10.3 Å². The predicted molar refractivity (Wildman–Crippen MR) is 119 cm³/mol. The summed E-state index contributed by atoms with van der Waals surface area (Å²) >= 11 is 0. The smallest absolute Gasteiger partial charge is 0.254 e. The highest BCUT2D eigenvalue weighted by atomic mass is 16.5. The second kappa shape index (κ2) is 9.54. The minimum Gasteiger partial charge on any atom is -0.496 e. The maximum atomic E-state index is 13.2. The van der Waals surface area contributed by atoms with Gasteiger partial charge in [0.2, 0.25) is 11.8 Å². The highest BCUT2D eigenvalue weighted by Gasteiger charge is 2.31. The number of amides is 2. The Labute approximate surface area is 187 Å². The summed E-state index contributed by atoms with van der Waals surface area (Å²) < 4.78 is 5.40. The molecule has 0 spiro atoms. The first-order valence-corrected chi connectivity index (χ1v) is 11.3. The average Bonchev–Trinajstić information content (AvgIpc) is 2.82. The summed E-state index contributed by atoms with van der Waals surface area (Å²) in [5.74, 6) is 1.34. The summed E-state index contributed by atoms with van der Waals surface area (Å²) in [7, 11) is 1.63. The van der Waals surface area contributed by atoms with Gasteiger partial charge < -0.3 is 19.5 Å². The number of likely N-dealkylation sites (tertiary alicyclic amines) is 1. The maximum absolute atomic E-state index is 13.2. The molecule has 2 aliphatic heterocycles. The quantitative estimate of drug-likeness (QED) is 0.773. The molecule has 170 valence electrons. The Kier molecular flexibility index (Phi) is 6.58. The highest BCUT2D eigenvalue weighted by molar-refractivity contribution is 5.77. The van der Waals surface area contributed by atoms with Crippen LogP contribution in [0.25, 0.3) is 0 Å². The molecule has 1 fully saturated rings. The minimum atomic E-state index is -0.250. The van der Waals surface area contributed by atoms with Crippen LogP contribution in [0.5, 0.6) is 5.75 Å². The van der Waals surface area contributed by atoms with Crippen LogP contribution in [-0.2, 0) is 29.0 Å². The van der Waals surface area contributed by atoms with E-state index in [1.807, 2.05) is 29.2 Å². The summed E-state index contributed by atoms with van der Waals surface area (Å²) in [6.07, 6.45) is 4.13. The largest absolute Gasteiger partial charge is 0.496 e. The molecule has 32 heavy (non-hydrogen) atoms. The van der Waals surface area contributed by atoms with Gasteiger partial charge in [-0.3, -0.25) is 14.4 Å². The number of fused-ring (bicyclic) bond motifs is 1. The number of methoxy groups -OCH3 is 1. The summed E-state index contributed by atoms with van der Waals surface area (Å²) in [4.78, 5) is 49.0. The molecule has 4 rings (SSSR count). The lowest BCUT2D eigenvalue weighted by Gasteiger charge is -2.36. The van der Waals surface area contributed by atoms with Crippen LogP contribution in [-0.4, -0.2) is 51.8 Å². The molecule has 2 aliphatic rings. The Morgan fingerprint density at radius 2 is 2.03 bits per heavy atom. The third-order valence-electron chi connectivity index (χ3n) is 6.48. The second-order valence-electron chi connectivity index (χ2n) is 8.48. The van der Waals surface area contributed by atoms with Crippen molar-refractivity contribution in [2.24, 2.45) is 0 Å². The monoisotopic (exact) mass is 438 g/mol. The molecule has 1 atom stereocenters. The molecule has 1 unspecified atom stereocenters.